The third-order valence-corrected chi connectivity index (χ3v) is 2.99. The van der Waals surface area contributed by atoms with Crippen molar-refractivity contribution in [3.63, 3.8) is 0 Å². The number of para-hydroxylation sites is 1. The summed E-state index contributed by atoms with van der Waals surface area (Å²) in [5.74, 6) is 0. The highest BCUT2D eigenvalue weighted by molar-refractivity contribution is 5.91. The average molecular weight is 267 g/mol. The van der Waals surface area contributed by atoms with Crippen LogP contribution >= 0.6 is 0 Å². The molecule has 0 amide bonds. The Morgan fingerprint density at radius 1 is 1.05 bits per heavy atom. The van der Waals surface area contributed by atoms with Crippen molar-refractivity contribution in [1.29, 1.82) is 0 Å². The molecule has 2 aromatic carbocycles. The Kier molecular flexibility index (Phi) is 2.76. The van der Waals surface area contributed by atoms with Gasteiger partial charge in [-0.1, -0.05) is 18.2 Å². The molecule has 20 heavy (non-hydrogen) atoms. The second-order valence-corrected chi connectivity index (χ2v) is 4.24. The number of hydrogen-bond donors (Lipinski definition) is 1. The summed E-state index contributed by atoms with van der Waals surface area (Å²) < 4.78 is 0. The highest BCUT2D eigenvalue weighted by atomic mass is 16.6. The Balaban J connectivity index is 2.23. The summed E-state index contributed by atoms with van der Waals surface area (Å²) in [4.78, 5) is 28.4. The van der Waals surface area contributed by atoms with Gasteiger partial charge in [0.2, 0.25) is 0 Å². The molecule has 0 unspecified atom stereocenters. The standard InChI is InChI=1S/C14H9N3O3/c18-14-15-12-4-2-1-3-11(12)13(16-14)9-5-7-10(8-6-9)17(19)20/h1-8H,(H,15,16,18). The minimum Gasteiger partial charge on any atom is -0.305 e. The highest BCUT2D eigenvalue weighted by Gasteiger charge is 2.09. The first-order valence-electron chi connectivity index (χ1n) is 5.89. The molecule has 1 aromatic heterocycles. The fraction of sp³-hybridized carbons (Fsp3) is 0. The first kappa shape index (κ1) is 12.0. The lowest BCUT2D eigenvalue weighted by molar-refractivity contribution is -0.384. The van der Waals surface area contributed by atoms with Crippen molar-refractivity contribution in [1.82, 2.24) is 9.97 Å². The van der Waals surface area contributed by atoms with E-state index in [-0.39, 0.29) is 5.69 Å². The van der Waals surface area contributed by atoms with Crippen LogP contribution in [-0.4, -0.2) is 14.9 Å². The quantitative estimate of drug-likeness (QED) is 0.570. The maximum Gasteiger partial charge on any atom is 0.345 e. The fourth-order valence-electron chi connectivity index (χ4n) is 2.06. The van der Waals surface area contributed by atoms with Gasteiger partial charge in [-0.15, -0.1) is 0 Å². The normalized spacial score (nSPS) is 10.6. The van der Waals surface area contributed by atoms with Gasteiger partial charge < -0.3 is 4.98 Å². The van der Waals surface area contributed by atoms with E-state index in [0.717, 1.165) is 5.39 Å². The fourth-order valence-corrected chi connectivity index (χ4v) is 2.06. The van der Waals surface area contributed by atoms with Gasteiger partial charge in [-0.25, -0.2) is 4.79 Å². The van der Waals surface area contributed by atoms with Crippen molar-refractivity contribution < 1.29 is 4.92 Å². The molecular formula is C14H9N3O3. The molecule has 3 aromatic rings. The van der Waals surface area contributed by atoms with E-state index < -0.39 is 10.6 Å². The largest absolute Gasteiger partial charge is 0.345 e. The number of rotatable bonds is 2. The number of nitrogens with one attached hydrogen (secondary N) is 1. The van der Waals surface area contributed by atoms with Crippen molar-refractivity contribution >= 4 is 16.6 Å². The summed E-state index contributed by atoms with van der Waals surface area (Å²) >= 11 is 0. The van der Waals surface area contributed by atoms with Crippen LogP contribution in [-0.2, 0) is 0 Å². The van der Waals surface area contributed by atoms with Crippen LogP contribution < -0.4 is 5.69 Å². The number of H-pyrrole nitrogens is 1. The zero-order valence-corrected chi connectivity index (χ0v) is 10.2. The van der Waals surface area contributed by atoms with E-state index in [4.69, 9.17) is 0 Å². The van der Waals surface area contributed by atoms with Gasteiger partial charge in [0.1, 0.15) is 0 Å². The third kappa shape index (κ3) is 2.03. The Bertz CT molecular complexity index is 853. The van der Waals surface area contributed by atoms with Crippen LogP contribution in [0.25, 0.3) is 22.2 Å². The van der Waals surface area contributed by atoms with Gasteiger partial charge in [0.25, 0.3) is 5.69 Å². The minimum atomic E-state index is -0.465. The van der Waals surface area contributed by atoms with Gasteiger partial charge in [-0.2, -0.15) is 4.98 Å². The van der Waals surface area contributed by atoms with Crippen LogP contribution in [0.4, 0.5) is 5.69 Å². The molecule has 0 radical (unpaired) electrons. The van der Waals surface area contributed by atoms with Crippen LogP contribution in [0, 0.1) is 10.1 Å². The van der Waals surface area contributed by atoms with Crippen molar-refractivity contribution in [2.45, 2.75) is 0 Å². The molecule has 1 N–H and O–H groups in total. The number of aromatic amines is 1. The molecule has 0 saturated carbocycles. The summed E-state index contributed by atoms with van der Waals surface area (Å²) in [5, 5.41) is 11.4. The first-order chi connectivity index (χ1) is 9.65. The number of fused-ring (bicyclic) bond motifs is 1. The summed E-state index contributed by atoms with van der Waals surface area (Å²) in [6.07, 6.45) is 0. The molecule has 3 rings (SSSR count). The van der Waals surface area contributed by atoms with Crippen LogP contribution in [0.2, 0.25) is 0 Å². The maximum atomic E-state index is 11.6. The van der Waals surface area contributed by atoms with Gasteiger partial charge in [0, 0.05) is 23.1 Å². The minimum absolute atomic E-state index is 0.00268. The molecule has 0 aliphatic carbocycles. The van der Waals surface area contributed by atoms with Gasteiger partial charge >= 0.3 is 5.69 Å². The molecule has 0 fully saturated rings. The van der Waals surface area contributed by atoms with E-state index in [9.17, 15) is 14.9 Å². The zero-order chi connectivity index (χ0) is 14.1. The maximum absolute atomic E-state index is 11.6. The SMILES string of the molecule is O=c1nc(-c2ccc([N+](=O)[O-])cc2)c2ccccc2[nH]1. The van der Waals surface area contributed by atoms with E-state index in [1.807, 2.05) is 18.2 Å². The number of non-ortho nitro benzene ring substituents is 1. The molecule has 0 aliphatic rings. The van der Waals surface area contributed by atoms with Crippen LogP contribution in [0.5, 0.6) is 0 Å². The molecule has 0 bridgehead atoms. The van der Waals surface area contributed by atoms with E-state index in [1.165, 1.54) is 12.1 Å². The van der Waals surface area contributed by atoms with Gasteiger partial charge in [-0.05, 0) is 18.2 Å². The van der Waals surface area contributed by atoms with E-state index in [0.29, 0.717) is 16.8 Å². The van der Waals surface area contributed by atoms with Crippen LogP contribution in [0.1, 0.15) is 0 Å². The van der Waals surface area contributed by atoms with Crippen molar-refractivity contribution in [3.05, 3.63) is 69.1 Å². The highest BCUT2D eigenvalue weighted by Crippen LogP contribution is 2.25. The Labute approximate surface area is 112 Å². The van der Waals surface area contributed by atoms with E-state index in [2.05, 4.69) is 9.97 Å². The molecule has 1 heterocycles. The molecular weight excluding hydrogens is 258 g/mol. The second kappa shape index (κ2) is 4.58. The summed E-state index contributed by atoms with van der Waals surface area (Å²) in [5.41, 5.74) is 1.41. The van der Waals surface area contributed by atoms with Crippen LogP contribution in [0.3, 0.4) is 0 Å². The zero-order valence-electron chi connectivity index (χ0n) is 10.2. The number of benzene rings is 2. The number of aromatic nitrogens is 2. The monoisotopic (exact) mass is 267 g/mol. The number of nitro groups is 1. The molecule has 6 nitrogen and oxygen atoms in total. The predicted octanol–water partition coefficient (Wildman–Crippen LogP) is 2.50. The molecule has 6 heteroatoms. The molecule has 98 valence electrons. The summed E-state index contributed by atoms with van der Waals surface area (Å²) in [7, 11) is 0. The van der Waals surface area contributed by atoms with Crippen molar-refractivity contribution in [2.24, 2.45) is 0 Å². The van der Waals surface area contributed by atoms with Gasteiger partial charge in [0.05, 0.1) is 16.1 Å². The molecule has 0 atom stereocenters. The van der Waals surface area contributed by atoms with Gasteiger partial charge in [0.15, 0.2) is 0 Å². The number of hydrogen-bond acceptors (Lipinski definition) is 4. The lowest BCUT2D eigenvalue weighted by atomic mass is 10.1. The molecule has 0 saturated heterocycles. The van der Waals surface area contributed by atoms with Crippen molar-refractivity contribution in [3.8, 4) is 11.3 Å². The first-order valence-corrected chi connectivity index (χ1v) is 5.89. The molecule has 0 aliphatic heterocycles. The predicted molar refractivity (Wildman–Crippen MR) is 74.5 cm³/mol. The lowest BCUT2D eigenvalue weighted by Gasteiger charge is -2.04. The van der Waals surface area contributed by atoms with Crippen LogP contribution in [0.15, 0.2) is 53.3 Å². The number of nitro benzene ring substituents is 1. The molecule has 0 spiro atoms. The van der Waals surface area contributed by atoms with E-state index >= 15 is 0 Å². The topological polar surface area (TPSA) is 88.9 Å². The van der Waals surface area contributed by atoms with E-state index in [1.54, 1.807) is 18.2 Å². The van der Waals surface area contributed by atoms with Gasteiger partial charge in [-0.3, -0.25) is 10.1 Å². The van der Waals surface area contributed by atoms with Crippen molar-refractivity contribution in [2.75, 3.05) is 0 Å². The Morgan fingerprint density at radius 3 is 2.45 bits per heavy atom. The number of nitrogens with zero attached hydrogens (tertiary/aromatic N) is 2. The summed E-state index contributed by atoms with van der Waals surface area (Å²) in [6, 6.07) is 13.3. The lowest BCUT2D eigenvalue weighted by Crippen LogP contribution is -2.11. The Morgan fingerprint density at radius 2 is 1.75 bits per heavy atom. The smallest absolute Gasteiger partial charge is 0.305 e. The third-order valence-electron chi connectivity index (χ3n) is 2.99. The summed E-state index contributed by atoms with van der Waals surface area (Å²) in [6.45, 7) is 0. The Hall–Kier alpha value is -3.02. The second-order valence-electron chi connectivity index (χ2n) is 4.24. The average Bonchev–Trinajstić information content (AvgIpc) is 2.46.